The fourth-order valence-corrected chi connectivity index (χ4v) is 2.84. The van der Waals surface area contributed by atoms with Crippen molar-refractivity contribution in [3.63, 3.8) is 0 Å². The first-order chi connectivity index (χ1) is 12.0. The number of nitrogens with zero attached hydrogens (tertiary/aromatic N) is 2. The van der Waals surface area contributed by atoms with Gasteiger partial charge in [-0.15, -0.1) is 0 Å². The van der Waals surface area contributed by atoms with Gasteiger partial charge in [-0.3, -0.25) is 9.59 Å². The Kier molecular flexibility index (Phi) is 5.19. The van der Waals surface area contributed by atoms with Crippen molar-refractivity contribution in [3.8, 4) is 0 Å². The number of benzene rings is 1. The lowest BCUT2D eigenvalue weighted by molar-refractivity contribution is -0.119. The van der Waals surface area contributed by atoms with Crippen LogP contribution in [-0.4, -0.2) is 10.5 Å². The molecule has 0 spiro atoms. The Morgan fingerprint density at radius 1 is 1.16 bits per heavy atom. The van der Waals surface area contributed by atoms with Gasteiger partial charge in [0.05, 0.1) is 12.8 Å². The van der Waals surface area contributed by atoms with Crippen molar-refractivity contribution >= 4 is 27.5 Å². The second-order valence-corrected chi connectivity index (χ2v) is 6.62. The lowest BCUT2D eigenvalue weighted by Gasteiger charge is -2.22. The molecular weight excluding hydrogens is 384 g/mol. The van der Waals surface area contributed by atoms with Crippen molar-refractivity contribution < 1.29 is 9.21 Å². The molecule has 6 heteroatoms. The first-order valence-electron chi connectivity index (χ1n) is 7.78. The molecule has 2 heterocycles. The molecule has 128 valence electrons. The largest absolute Gasteiger partial charge is 0.467 e. The van der Waals surface area contributed by atoms with Crippen molar-refractivity contribution in [2.24, 2.45) is 0 Å². The fraction of sp³-hybridized carbons (Fsp3) is 0.158. The third-order valence-electron chi connectivity index (χ3n) is 3.79. The number of hydrogen-bond acceptors (Lipinski definition) is 3. The second kappa shape index (κ2) is 7.53. The maximum atomic E-state index is 12.9. The normalized spacial score (nSPS) is 10.6. The van der Waals surface area contributed by atoms with Crippen molar-refractivity contribution in [2.45, 2.75) is 20.0 Å². The van der Waals surface area contributed by atoms with Crippen molar-refractivity contribution in [3.05, 3.63) is 87.1 Å². The molecule has 0 aliphatic rings. The van der Waals surface area contributed by atoms with Crippen LogP contribution in [0.3, 0.4) is 0 Å². The minimum absolute atomic E-state index is 0.0488. The molecule has 0 aliphatic heterocycles. The van der Waals surface area contributed by atoms with Gasteiger partial charge in [-0.1, -0.05) is 17.7 Å². The van der Waals surface area contributed by atoms with E-state index in [1.165, 1.54) is 10.6 Å². The van der Waals surface area contributed by atoms with Gasteiger partial charge >= 0.3 is 0 Å². The van der Waals surface area contributed by atoms with Crippen LogP contribution in [0.25, 0.3) is 0 Å². The quantitative estimate of drug-likeness (QED) is 0.655. The maximum absolute atomic E-state index is 12.9. The van der Waals surface area contributed by atoms with Crippen molar-refractivity contribution in [1.82, 2.24) is 4.57 Å². The summed E-state index contributed by atoms with van der Waals surface area (Å²) in [5.74, 6) is 0.482. The summed E-state index contributed by atoms with van der Waals surface area (Å²) in [5.41, 5.74) is 1.64. The van der Waals surface area contributed by atoms with Crippen LogP contribution in [0.2, 0.25) is 0 Å². The van der Waals surface area contributed by atoms with E-state index in [-0.39, 0.29) is 18.0 Å². The van der Waals surface area contributed by atoms with Gasteiger partial charge in [0.25, 0.3) is 5.56 Å². The lowest BCUT2D eigenvalue weighted by Crippen LogP contribution is -2.36. The highest BCUT2D eigenvalue weighted by molar-refractivity contribution is 9.10. The minimum atomic E-state index is -0.224. The Bertz CT molecular complexity index is 915. The predicted molar refractivity (Wildman–Crippen MR) is 99.5 cm³/mol. The number of halogens is 1. The van der Waals surface area contributed by atoms with E-state index >= 15 is 0 Å². The number of carbonyl (C=O) groups excluding carboxylic acids is 1. The zero-order valence-corrected chi connectivity index (χ0v) is 15.3. The highest BCUT2D eigenvalue weighted by Gasteiger charge is 2.18. The average molecular weight is 401 g/mol. The number of carbonyl (C=O) groups is 1. The number of amides is 1. The predicted octanol–water partition coefficient (Wildman–Crippen LogP) is 3.75. The Hall–Kier alpha value is -2.60. The summed E-state index contributed by atoms with van der Waals surface area (Å²) in [6.45, 7) is 2.24. The molecule has 25 heavy (non-hydrogen) atoms. The van der Waals surface area contributed by atoms with E-state index in [1.54, 1.807) is 29.5 Å². The van der Waals surface area contributed by atoms with Gasteiger partial charge in [0, 0.05) is 22.4 Å². The highest BCUT2D eigenvalue weighted by Crippen LogP contribution is 2.19. The van der Waals surface area contributed by atoms with Crippen LogP contribution in [0.4, 0.5) is 5.69 Å². The standard InChI is InChI=1S/C19H17BrN2O3/c1-14-4-7-16(8-5-14)22(12-17-3-2-10-25-17)19(24)13-21-11-15(20)6-9-18(21)23/h2-11H,12-13H2,1H3. The second-order valence-electron chi connectivity index (χ2n) is 5.71. The molecule has 2 aromatic heterocycles. The van der Waals surface area contributed by atoms with Gasteiger partial charge in [0.2, 0.25) is 5.91 Å². The molecule has 1 aromatic carbocycles. The van der Waals surface area contributed by atoms with Crippen LogP contribution >= 0.6 is 15.9 Å². The molecule has 0 saturated heterocycles. The van der Waals surface area contributed by atoms with E-state index in [9.17, 15) is 9.59 Å². The van der Waals surface area contributed by atoms with Crippen LogP contribution in [0.5, 0.6) is 0 Å². The summed E-state index contributed by atoms with van der Waals surface area (Å²) < 4.78 is 7.51. The summed E-state index contributed by atoms with van der Waals surface area (Å²) in [7, 11) is 0. The van der Waals surface area contributed by atoms with E-state index < -0.39 is 0 Å². The number of aryl methyl sites for hydroxylation is 1. The molecule has 0 radical (unpaired) electrons. The molecule has 0 N–H and O–H groups in total. The summed E-state index contributed by atoms with van der Waals surface area (Å²) in [4.78, 5) is 26.5. The summed E-state index contributed by atoms with van der Waals surface area (Å²) in [6, 6.07) is 14.4. The zero-order chi connectivity index (χ0) is 17.8. The molecule has 0 unspecified atom stereocenters. The average Bonchev–Trinajstić information content (AvgIpc) is 3.10. The van der Waals surface area contributed by atoms with Crippen LogP contribution in [-0.2, 0) is 17.9 Å². The lowest BCUT2D eigenvalue weighted by atomic mass is 10.2. The summed E-state index contributed by atoms with van der Waals surface area (Å²) in [6.07, 6.45) is 3.19. The van der Waals surface area contributed by atoms with Gasteiger partial charge in [0.15, 0.2) is 0 Å². The number of aromatic nitrogens is 1. The SMILES string of the molecule is Cc1ccc(N(Cc2ccco2)C(=O)Cn2cc(Br)ccc2=O)cc1. The molecule has 0 atom stereocenters. The van der Waals surface area contributed by atoms with Gasteiger partial charge in [0.1, 0.15) is 12.3 Å². The Labute approximate surface area is 153 Å². The van der Waals surface area contributed by atoms with E-state index in [4.69, 9.17) is 4.42 Å². The molecular formula is C19H17BrN2O3. The third kappa shape index (κ3) is 4.28. The third-order valence-corrected chi connectivity index (χ3v) is 4.26. The van der Waals surface area contributed by atoms with E-state index in [0.29, 0.717) is 12.3 Å². The Morgan fingerprint density at radius 3 is 2.60 bits per heavy atom. The fourth-order valence-electron chi connectivity index (χ4n) is 2.46. The molecule has 3 rings (SSSR count). The highest BCUT2D eigenvalue weighted by atomic mass is 79.9. The first-order valence-corrected chi connectivity index (χ1v) is 8.57. The van der Waals surface area contributed by atoms with Gasteiger partial charge in [-0.2, -0.15) is 0 Å². The smallest absolute Gasteiger partial charge is 0.251 e. The summed E-state index contributed by atoms with van der Waals surface area (Å²) in [5, 5.41) is 0. The Morgan fingerprint density at radius 2 is 1.92 bits per heavy atom. The van der Waals surface area contributed by atoms with Crippen LogP contribution < -0.4 is 10.5 Å². The van der Waals surface area contributed by atoms with E-state index in [1.807, 2.05) is 37.3 Å². The van der Waals surface area contributed by atoms with E-state index in [2.05, 4.69) is 15.9 Å². The van der Waals surface area contributed by atoms with Crippen molar-refractivity contribution in [2.75, 3.05) is 4.90 Å². The maximum Gasteiger partial charge on any atom is 0.251 e. The Balaban J connectivity index is 1.90. The van der Waals surface area contributed by atoms with Gasteiger partial charge < -0.3 is 13.9 Å². The van der Waals surface area contributed by atoms with Gasteiger partial charge in [-0.25, -0.2) is 0 Å². The zero-order valence-electron chi connectivity index (χ0n) is 13.7. The number of furan rings is 1. The van der Waals surface area contributed by atoms with Gasteiger partial charge in [-0.05, 0) is 53.2 Å². The topological polar surface area (TPSA) is 55.5 Å². The molecule has 5 nitrogen and oxygen atoms in total. The van der Waals surface area contributed by atoms with Crippen LogP contribution in [0.15, 0.2) is 74.7 Å². The molecule has 0 saturated carbocycles. The first kappa shape index (κ1) is 17.2. The molecule has 0 aliphatic carbocycles. The van der Waals surface area contributed by atoms with E-state index in [0.717, 1.165) is 15.7 Å². The number of rotatable bonds is 5. The molecule has 1 amide bonds. The number of pyridine rings is 1. The minimum Gasteiger partial charge on any atom is -0.467 e. The number of hydrogen-bond donors (Lipinski definition) is 0. The van der Waals surface area contributed by atoms with Crippen LogP contribution in [0, 0.1) is 6.92 Å². The molecule has 3 aromatic rings. The number of anilines is 1. The molecule has 0 fully saturated rings. The van der Waals surface area contributed by atoms with Crippen LogP contribution in [0.1, 0.15) is 11.3 Å². The van der Waals surface area contributed by atoms with Crippen molar-refractivity contribution in [1.29, 1.82) is 0 Å². The molecule has 0 bridgehead atoms. The summed E-state index contributed by atoms with van der Waals surface area (Å²) >= 11 is 3.33. The monoisotopic (exact) mass is 400 g/mol.